The molecule has 7 nitrogen and oxygen atoms in total. The summed E-state index contributed by atoms with van der Waals surface area (Å²) in [5, 5.41) is 3.00. The molecule has 0 atom stereocenters. The second kappa shape index (κ2) is 4.75. The Kier molecular flexibility index (Phi) is 3.06. The van der Waals surface area contributed by atoms with Gasteiger partial charge in [0, 0.05) is 25.8 Å². The number of fused-ring (bicyclic) bond motifs is 1. The molecule has 0 spiro atoms. The zero-order valence-electron chi connectivity index (χ0n) is 11.5. The number of nitrogens with zero attached hydrogens (tertiary/aromatic N) is 3. The van der Waals surface area contributed by atoms with Gasteiger partial charge in [0.1, 0.15) is 0 Å². The Morgan fingerprint density at radius 2 is 2.10 bits per heavy atom. The minimum atomic E-state index is -0.286. The number of aryl methyl sites for hydroxylation is 2. The van der Waals surface area contributed by atoms with Gasteiger partial charge in [-0.2, -0.15) is 0 Å². The lowest BCUT2D eigenvalue weighted by molar-refractivity contribution is 0.0304. The van der Waals surface area contributed by atoms with Gasteiger partial charge in [0.15, 0.2) is 5.65 Å². The van der Waals surface area contributed by atoms with Crippen molar-refractivity contribution in [2.75, 3.05) is 26.3 Å². The molecule has 0 saturated carbocycles. The molecule has 0 aliphatic carbocycles. The topological polar surface area (TPSA) is 80.2 Å². The highest BCUT2D eigenvalue weighted by Gasteiger charge is 2.23. The second-order valence-corrected chi connectivity index (χ2v) is 4.91. The van der Waals surface area contributed by atoms with Gasteiger partial charge in [0.2, 0.25) is 0 Å². The third kappa shape index (κ3) is 2.00. The minimum absolute atomic E-state index is 0.138. The van der Waals surface area contributed by atoms with Crippen molar-refractivity contribution in [2.24, 2.45) is 7.05 Å². The van der Waals surface area contributed by atoms with Crippen molar-refractivity contribution in [3.05, 3.63) is 27.7 Å². The van der Waals surface area contributed by atoms with E-state index in [2.05, 4.69) is 10.1 Å². The Hall–Kier alpha value is -2.15. The van der Waals surface area contributed by atoms with Gasteiger partial charge in [-0.25, -0.2) is 4.98 Å². The predicted octanol–water partition coefficient (Wildman–Crippen LogP) is 0.0424. The number of hydrogen-bond acceptors (Lipinski definition) is 4. The first-order valence-corrected chi connectivity index (χ1v) is 6.51. The SMILES string of the molecule is Cc1cc(C(=O)N2CCOCC2)c2c(=O)[nH]n(C)c2n1. The molecular weight excluding hydrogens is 260 g/mol. The van der Waals surface area contributed by atoms with Gasteiger partial charge in [-0.15, -0.1) is 0 Å². The zero-order chi connectivity index (χ0) is 14.3. The van der Waals surface area contributed by atoms with E-state index >= 15 is 0 Å². The summed E-state index contributed by atoms with van der Waals surface area (Å²) >= 11 is 0. The first-order chi connectivity index (χ1) is 9.58. The van der Waals surface area contributed by atoms with E-state index in [1.165, 1.54) is 0 Å². The van der Waals surface area contributed by atoms with Crippen LogP contribution in [-0.2, 0) is 11.8 Å². The quantitative estimate of drug-likeness (QED) is 0.797. The number of ether oxygens (including phenoxy) is 1. The Bertz CT molecular complexity index is 725. The normalized spacial score (nSPS) is 15.8. The lowest BCUT2D eigenvalue weighted by atomic mass is 10.1. The molecule has 106 valence electrons. The minimum Gasteiger partial charge on any atom is -0.378 e. The van der Waals surface area contributed by atoms with Crippen molar-refractivity contribution >= 4 is 16.9 Å². The molecule has 0 radical (unpaired) electrons. The highest BCUT2D eigenvalue weighted by atomic mass is 16.5. The van der Waals surface area contributed by atoms with E-state index in [1.54, 1.807) is 22.7 Å². The van der Waals surface area contributed by atoms with E-state index in [9.17, 15) is 9.59 Å². The van der Waals surface area contributed by atoms with Gasteiger partial charge >= 0.3 is 0 Å². The molecular formula is C13H16N4O3. The van der Waals surface area contributed by atoms with Crippen molar-refractivity contribution < 1.29 is 9.53 Å². The highest BCUT2D eigenvalue weighted by molar-refractivity contribution is 6.05. The summed E-state index contributed by atoms with van der Waals surface area (Å²) in [7, 11) is 1.71. The molecule has 20 heavy (non-hydrogen) atoms. The molecule has 2 aromatic rings. The van der Waals surface area contributed by atoms with Crippen LogP contribution >= 0.6 is 0 Å². The van der Waals surface area contributed by atoms with Crippen LogP contribution in [0, 0.1) is 6.92 Å². The monoisotopic (exact) mass is 276 g/mol. The third-order valence-corrected chi connectivity index (χ3v) is 3.47. The van der Waals surface area contributed by atoms with E-state index in [0.717, 1.165) is 0 Å². The number of aromatic nitrogens is 3. The standard InChI is InChI=1S/C13H16N4O3/c1-8-7-9(13(19)17-3-5-20-6-4-17)10-11(14-8)16(2)15-12(10)18/h7H,3-6H2,1-2H3,(H,15,18). The average Bonchev–Trinajstić information content (AvgIpc) is 2.73. The molecule has 1 aliphatic heterocycles. The summed E-state index contributed by atoms with van der Waals surface area (Å²) in [6, 6.07) is 1.68. The number of carbonyl (C=O) groups is 1. The number of carbonyl (C=O) groups excluding carboxylic acids is 1. The maximum Gasteiger partial charge on any atom is 0.274 e. The first kappa shape index (κ1) is 12.9. The van der Waals surface area contributed by atoms with Gasteiger partial charge in [0.05, 0.1) is 24.2 Å². The second-order valence-electron chi connectivity index (χ2n) is 4.91. The van der Waals surface area contributed by atoms with Gasteiger partial charge in [0.25, 0.3) is 11.5 Å². The summed E-state index contributed by atoms with van der Waals surface area (Å²) in [5.41, 5.74) is 1.35. The molecule has 0 aromatic carbocycles. The summed E-state index contributed by atoms with van der Waals surface area (Å²) < 4.78 is 6.79. The molecule has 1 aliphatic rings. The molecule has 3 rings (SSSR count). The Morgan fingerprint density at radius 3 is 2.80 bits per heavy atom. The smallest absolute Gasteiger partial charge is 0.274 e. The molecule has 1 saturated heterocycles. The summed E-state index contributed by atoms with van der Waals surface area (Å²) in [5.74, 6) is -0.138. The summed E-state index contributed by atoms with van der Waals surface area (Å²) in [6.07, 6.45) is 0. The zero-order valence-corrected chi connectivity index (χ0v) is 11.5. The van der Waals surface area contributed by atoms with Crippen LogP contribution in [0.4, 0.5) is 0 Å². The Balaban J connectivity index is 2.15. The number of amides is 1. The fourth-order valence-electron chi connectivity index (χ4n) is 2.49. The van der Waals surface area contributed by atoms with Crippen LogP contribution in [0.1, 0.15) is 16.1 Å². The number of rotatable bonds is 1. The fraction of sp³-hybridized carbons (Fsp3) is 0.462. The molecule has 2 aromatic heterocycles. The molecule has 1 amide bonds. The number of morpholine rings is 1. The van der Waals surface area contributed by atoms with Gasteiger partial charge < -0.3 is 9.64 Å². The van der Waals surface area contributed by atoms with Crippen molar-refractivity contribution in [1.29, 1.82) is 0 Å². The van der Waals surface area contributed by atoms with Gasteiger partial charge in [-0.3, -0.25) is 19.4 Å². The molecule has 0 bridgehead atoms. The van der Waals surface area contributed by atoms with E-state index in [4.69, 9.17) is 4.74 Å². The van der Waals surface area contributed by atoms with Crippen molar-refractivity contribution in [3.63, 3.8) is 0 Å². The number of nitrogens with one attached hydrogen (secondary N) is 1. The molecule has 1 N–H and O–H groups in total. The predicted molar refractivity (Wildman–Crippen MR) is 72.8 cm³/mol. The van der Waals surface area contributed by atoms with E-state index in [1.807, 2.05) is 6.92 Å². The summed E-state index contributed by atoms with van der Waals surface area (Å²) in [6.45, 7) is 3.97. The highest BCUT2D eigenvalue weighted by Crippen LogP contribution is 2.17. The lowest BCUT2D eigenvalue weighted by Crippen LogP contribution is -2.41. The molecule has 3 heterocycles. The van der Waals surface area contributed by atoms with Crippen molar-refractivity contribution in [2.45, 2.75) is 6.92 Å². The van der Waals surface area contributed by atoms with E-state index in [-0.39, 0.29) is 11.5 Å². The first-order valence-electron chi connectivity index (χ1n) is 6.51. The van der Waals surface area contributed by atoms with Gasteiger partial charge in [-0.1, -0.05) is 0 Å². The maximum atomic E-state index is 12.6. The molecule has 0 unspecified atom stereocenters. The van der Waals surface area contributed by atoms with Gasteiger partial charge in [-0.05, 0) is 13.0 Å². The van der Waals surface area contributed by atoms with E-state index < -0.39 is 0 Å². The van der Waals surface area contributed by atoms with Crippen LogP contribution in [0.2, 0.25) is 0 Å². The largest absolute Gasteiger partial charge is 0.378 e. The number of hydrogen-bond donors (Lipinski definition) is 1. The third-order valence-electron chi connectivity index (χ3n) is 3.47. The Morgan fingerprint density at radius 1 is 1.40 bits per heavy atom. The van der Waals surface area contributed by atoms with Crippen LogP contribution in [0.5, 0.6) is 0 Å². The number of H-pyrrole nitrogens is 1. The van der Waals surface area contributed by atoms with E-state index in [0.29, 0.717) is 48.6 Å². The molecule has 1 fully saturated rings. The van der Waals surface area contributed by atoms with Crippen LogP contribution in [-0.4, -0.2) is 51.9 Å². The lowest BCUT2D eigenvalue weighted by Gasteiger charge is -2.27. The number of pyridine rings is 1. The fourth-order valence-corrected chi connectivity index (χ4v) is 2.49. The molecule has 7 heteroatoms. The van der Waals surface area contributed by atoms with Crippen LogP contribution in [0.3, 0.4) is 0 Å². The Labute approximate surface area is 115 Å². The van der Waals surface area contributed by atoms with Crippen LogP contribution < -0.4 is 5.56 Å². The van der Waals surface area contributed by atoms with Crippen molar-refractivity contribution in [3.8, 4) is 0 Å². The summed E-state index contributed by atoms with van der Waals surface area (Å²) in [4.78, 5) is 30.6. The van der Waals surface area contributed by atoms with Crippen LogP contribution in [0.25, 0.3) is 11.0 Å². The van der Waals surface area contributed by atoms with Crippen molar-refractivity contribution in [1.82, 2.24) is 19.7 Å². The average molecular weight is 276 g/mol. The number of aromatic amines is 1. The maximum absolute atomic E-state index is 12.6. The van der Waals surface area contributed by atoms with Crippen LogP contribution in [0.15, 0.2) is 10.9 Å².